The third-order valence-corrected chi connectivity index (χ3v) is 4.64. The van der Waals surface area contributed by atoms with Crippen molar-refractivity contribution in [1.82, 2.24) is 15.5 Å². The molecule has 0 bridgehead atoms. The van der Waals surface area contributed by atoms with E-state index in [2.05, 4.69) is 20.8 Å². The summed E-state index contributed by atoms with van der Waals surface area (Å²) in [5, 5.41) is 12.3. The Balaban J connectivity index is 1.50. The van der Waals surface area contributed by atoms with Gasteiger partial charge in [0.15, 0.2) is 5.76 Å². The average Bonchev–Trinajstić information content (AvgIpc) is 3.37. The van der Waals surface area contributed by atoms with Gasteiger partial charge in [0.05, 0.1) is 34.8 Å². The average molecular weight is 461 g/mol. The maximum atomic E-state index is 12.8. The lowest BCUT2D eigenvalue weighted by Crippen LogP contribution is -2.22. The minimum Gasteiger partial charge on any atom is -0.459 e. The van der Waals surface area contributed by atoms with Crippen molar-refractivity contribution in [3.05, 3.63) is 58.8 Å². The van der Waals surface area contributed by atoms with Crippen LogP contribution in [-0.2, 0) is 17.5 Å². The van der Waals surface area contributed by atoms with Crippen LogP contribution in [0.3, 0.4) is 0 Å². The van der Waals surface area contributed by atoms with E-state index in [0.717, 1.165) is 30.0 Å². The molecule has 2 aromatic heterocycles. The van der Waals surface area contributed by atoms with E-state index < -0.39 is 23.6 Å². The lowest BCUT2D eigenvalue weighted by Gasteiger charge is -2.11. The van der Waals surface area contributed by atoms with Gasteiger partial charge < -0.3 is 19.5 Å². The van der Waals surface area contributed by atoms with Crippen molar-refractivity contribution in [1.29, 1.82) is 0 Å². The summed E-state index contributed by atoms with van der Waals surface area (Å²) < 4.78 is 48.6. The molecule has 13 heteroatoms. The fraction of sp³-hybridized carbons (Fsp3) is 0.176. The Bertz CT molecular complexity index is 1040. The number of furan rings is 1. The highest BCUT2D eigenvalue weighted by Gasteiger charge is 2.31. The molecule has 158 valence electrons. The third-order valence-electron chi connectivity index (χ3n) is 3.49. The fourth-order valence-corrected chi connectivity index (χ4v) is 2.87. The summed E-state index contributed by atoms with van der Waals surface area (Å²) in [5.74, 6) is -1.09. The van der Waals surface area contributed by atoms with Gasteiger partial charge in [-0.2, -0.15) is 13.2 Å². The number of rotatable bonds is 7. The quantitative estimate of drug-likeness (QED) is 0.513. The van der Waals surface area contributed by atoms with E-state index in [-0.39, 0.29) is 39.9 Å². The van der Waals surface area contributed by atoms with E-state index in [1.807, 2.05) is 0 Å². The van der Waals surface area contributed by atoms with Gasteiger partial charge in [-0.05, 0) is 30.3 Å². The Kier molecular flexibility index (Phi) is 6.67. The highest BCUT2D eigenvalue weighted by atomic mass is 35.5. The maximum absolute atomic E-state index is 12.8. The van der Waals surface area contributed by atoms with Crippen LogP contribution in [0.25, 0.3) is 0 Å². The highest BCUT2D eigenvalue weighted by Crippen LogP contribution is 2.33. The van der Waals surface area contributed by atoms with Crippen LogP contribution < -0.4 is 10.6 Å². The SMILES string of the molecule is O=C(CSc1nnc(CNC(=O)c2ccco2)o1)Nc1cc(C(F)(F)F)ccc1Cl. The largest absolute Gasteiger partial charge is 0.459 e. The van der Waals surface area contributed by atoms with E-state index in [4.69, 9.17) is 20.4 Å². The van der Waals surface area contributed by atoms with Gasteiger partial charge in [-0.25, -0.2) is 0 Å². The number of carbonyl (C=O) groups is 2. The first-order chi connectivity index (χ1) is 14.2. The van der Waals surface area contributed by atoms with E-state index in [0.29, 0.717) is 0 Å². The maximum Gasteiger partial charge on any atom is 0.416 e. The van der Waals surface area contributed by atoms with E-state index in [9.17, 15) is 22.8 Å². The molecule has 1 aromatic carbocycles. The standard InChI is InChI=1S/C17H12ClF3N4O4S/c18-10-4-3-9(17(19,20)21)6-11(10)23-13(26)8-30-16-25-24-14(29-16)7-22-15(27)12-2-1-5-28-12/h1-6H,7-8H2,(H,22,27)(H,23,26). The zero-order valence-corrected chi connectivity index (χ0v) is 16.4. The van der Waals surface area contributed by atoms with Gasteiger partial charge in [-0.15, -0.1) is 10.2 Å². The van der Waals surface area contributed by atoms with Crippen LogP contribution in [0.5, 0.6) is 0 Å². The number of hydrogen-bond acceptors (Lipinski definition) is 7. The first-order valence-corrected chi connectivity index (χ1v) is 9.52. The van der Waals surface area contributed by atoms with Crippen molar-refractivity contribution >= 4 is 40.9 Å². The van der Waals surface area contributed by atoms with Crippen LogP contribution in [0, 0.1) is 0 Å². The number of alkyl halides is 3. The molecule has 0 aliphatic carbocycles. The zero-order chi connectivity index (χ0) is 21.7. The number of halogens is 4. The Morgan fingerprint density at radius 3 is 2.70 bits per heavy atom. The first-order valence-electron chi connectivity index (χ1n) is 8.16. The first kappa shape index (κ1) is 21.7. The lowest BCUT2D eigenvalue weighted by atomic mass is 10.2. The number of anilines is 1. The second kappa shape index (κ2) is 9.22. The molecule has 0 saturated carbocycles. The van der Waals surface area contributed by atoms with E-state index in [1.54, 1.807) is 6.07 Å². The van der Waals surface area contributed by atoms with Crippen molar-refractivity contribution in [3.63, 3.8) is 0 Å². The van der Waals surface area contributed by atoms with Crippen LogP contribution in [0.2, 0.25) is 5.02 Å². The number of hydrogen-bond donors (Lipinski definition) is 2. The Morgan fingerprint density at radius 1 is 1.20 bits per heavy atom. The smallest absolute Gasteiger partial charge is 0.416 e. The van der Waals surface area contributed by atoms with Crippen molar-refractivity contribution in [3.8, 4) is 0 Å². The van der Waals surface area contributed by atoms with E-state index in [1.165, 1.54) is 12.3 Å². The number of thioether (sulfide) groups is 1. The molecular formula is C17H12ClF3N4O4S. The molecule has 30 heavy (non-hydrogen) atoms. The predicted molar refractivity (Wildman–Crippen MR) is 100.0 cm³/mol. The summed E-state index contributed by atoms with van der Waals surface area (Å²) in [5.41, 5.74) is -1.10. The van der Waals surface area contributed by atoms with Gasteiger partial charge in [0.2, 0.25) is 11.8 Å². The third kappa shape index (κ3) is 5.76. The Hall–Kier alpha value is -2.99. The van der Waals surface area contributed by atoms with Gasteiger partial charge in [-0.3, -0.25) is 9.59 Å². The van der Waals surface area contributed by atoms with Crippen molar-refractivity contribution in [2.45, 2.75) is 17.9 Å². The molecule has 0 radical (unpaired) electrons. The van der Waals surface area contributed by atoms with Crippen molar-refractivity contribution < 1.29 is 31.6 Å². The fourth-order valence-electron chi connectivity index (χ4n) is 2.13. The number of carbonyl (C=O) groups excluding carboxylic acids is 2. The molecule has 0 aliphatic rings. The number of nitrogens with zero attached hydrogens (tertiary/aromatic N) is 2. The summed E-state index contributed by atoms with van der Waals surface area (Å²) in [6.45, 7) is -0.0564. The summed E-state index contributed by atoms with van der Waals surface area (Å²) in [6, 6.07) is 5.66. The Morgan fingerprint density at radius 2 is 2.00 bits per heavy atom. The highest BCUT2D eigenvalue weighted by molar-refractivity contribution is 7.99. The molecule has 0 fully saturated rings. The zero-order valence-electron chi connectivity index (χ0n) is 14.8. The summed E-state index contributed by atoms with van der Waals surface area (Å²) in [7, 11) is 0. The lowest BCUT2D eigenvalue weighted by molar-refractivity contribution is -0.137. The number of aromatic nitrogens is 2. The minimum absolute atomic E-state index is 0.0336. The van der Waals surface area contributed by atoms with Crippen LogP contribution >= 0.6 is 23.4 Å². The van der Waals surface area contributed by atoms with Gasteiger partial charge in [-0.1, -0.05) is 23.4 Å². The van der Waals surface area contributed by atoms with Crippen LogP contribution in [0.15, 0.2) is 50.7 Å². The molecule has 3 aromatic rings. The summed E-state index contributed by atoms with van der Waals surface area (Å²) in [6.07, 6.45) is -3.21. The van der Waals surface area contributed by atoms with Gasteiger partial charge >= 0.3 is 6.18 Å². The van der Waals surface area contributed by atoms with Crippen LogP contribution in [-0.4, -0.2) is 27.8 Å². The molecule has 0 saturated heterocycles. The molecule has 2 N–H and O–H groups in total. The molecule has 3 rings (SSSR count). The van der Waals surface area contributed by atoms with Crippen LogP contribution in [0.1, 0.15) is 22.0 Å². The number of amides is 2. The Labute approximate surface area is 176 Å². The summed E-state index contributed by atoms with van der Waals surface area (Å²) in [4.78, 5) is 23.8. The molecule has 2 heterocycles. The van der Waals surface area contributed by atoms with Crippen LogP contribution in [0.4, 0.5) is 18.9 Å². The molecule has 8 nitrogen and oxygen atoms in total. The van der Waals surface area contributed by atoms with Crippen molar-refractivity contribution in [2.24, 2.45) is 0 Å². The second-order valence-corrected chi connectivity index (χ2v) is 6.98. The van der Waals surface area contributed by atoms with Crippen molar-refractivity contribution in [2.75, 3.05) is 11.1 Å². The number of benzene rings is 1. The molecule has 0 aliphatic heterocycles. The minimum atomic E-state index is -4.56. The van der Waals surface area contributed by atoms with E-state index >= 15 is 0 Å². The monoisotopic (exact) mass is 460 g/mol. The summed E-state index contributed by atoms with van der Waals surface area (Å²) >= 11 is 6.70. The number of nitrogens with one attached hydrogen (secondary N) is 2. The molecule has 0 unspecified atom stereocenters. The molecule has 2 amide bonds. The van der Waals surface area contributed by atoms with Gasteiger partial charge in [0.25, 0.3) is 11.1 Å². The second-order valence-electron chi connectivity index (χ2n) is 5.65. The molecular weight excluding hydrogens is 449 g/mol. The molecule has 0 atom stereocenters. The topological polar surface area (TPSA) is 110 Å². The van der Waals surface area contributed by atoms with Gasteiger partial charge in [0.1, 0.15) is 0 Å². The predicted octanol–water partition coefficient (Wildman–Crippen LogP) is 4.00. The molecule has 0 spiro atoms. The van der Waals surface area contributed by atoms with Gasteiger partial charge in [0, 0.05) is 0 Å². The normalized spacial score (nSPS) is 11.3.